The molecule has 0 aromatic heterocycles. The first-order valence-corrected chi connectivity index (χ1v) is 9.83. The zero-order valence-corrected chi connectivity index (χ0v) is 14.4. The molecule has 1 heterocycles. The van der Waals surface area contributed by atoms with Crippen LogP contribution < -0.4 is 0 Å². The molecule has 4 nitrogen and oxygen atoms in total. The maximum atomic E-state index is 9.08. The summed E-state index contributed by atoms with van der Waals surface area (Å²) in [7, 11) is -1.45. The summed E-state index contributed by atoms with van der Waals surface area (Å²) in [4.78, 5) is 0. The van der Waals surface area contributed by atoms with Crippen LogP contribution in [0.15, 0.2) is 0 Å². The molecule has 122 valence electrons. The van der Waals surface area contributed by atoms with E-state index >= 15 is 0 Å². The quantitative estimate of drug-likeness (QED) is 0.412. The Kier molecular flexibility index (Phi) is 10.5. The average molecular weight is 308 g/mol. The second-order valence-corrected chi connectivity index (χ2v) is 7.73. The molecule has 0 saturated carbocycles. The van der Waals surface area contributed by atoms with E-state index < -0.39 is 10.1 Å². The molecule has 0 radical (unpaired) electrons. The minimum atomic E-state index is -3.92. The van der Waals surface area contributed by atoms with Crippen LogP contribution in [0, 0.1) is 0 Å². The Morgan fingerprint density at radius 2 is 1.40 bits per heavy atom. The Labute approximate surface area is 125 Å². The lowest BCUT2D eigenvalue weighted by Gasteiger charge is -2.37. The zero-order chi connectivity index (χ0) is 15.5. The number of piperidine rings is 1. The highest BCUT2D eigenvalue weighted by atomic mass is 32.2. The van der Waals surface area contributed by atoms with Crippen LogP contribution in [-0.2, 0) is 10.1 Å². The number of hydrogen-bond acceptors (Lipinski definition) is 3. The fourth-order valence-corrected chi connectivity index (χ4v) is 2.77. The third-order valence-electron chi connectivity index (χ3n) is 3.95. The predicted octanol–water partition coefficient (Wildman–Crippen LogP) is 3.14. The number of hydrogen-bond donors (Lipinski definition) is 0. The maximum absolute atomic E-state index is 9.08. The smallest absolute Gasteiger partial charge is 0.0916 e. The Hall–Kier alpha value is -0.130. The molecular formula is C15H33NO3S. The van der Waals surface area contributed by atoms with Crippen molar-refractivity contribution in [2.75, 3.05) is 32.9 Å². The molecule has 1 aliphatic heterocycles. The molecular weight excluding hydrogens is 274 g/mol. The van der Waals surface area contributed by atoms with Crippen LogP contribution >= 0.6 is 0 Å². The Bertz CT molecular complexity index is 314. The summed E-state index contributed by atoms with van der Waals surface area (Å²) in [5, 5.41) is 0. The summed E-state index contributed by atoms with van der Waals surface area (Å²) >= 11 is 0. The fraction of sp³-hybridized carbons (Fsp3) is 1.00. The second-order valence-electron chi connectivity index (χ2n) is 6.32. The van der Waals surface area contributed by atoms with E-state index in [-0.39, 0.29) is 0 Å². The SMILES string of the molecule is CCCCCCCC[N+]1(C)CCCCC1.CS(=O)(=O)[O-]. The topological polar surface area (TPSA) is 57.2 Å². The van der Waals surface area contributed by atoms with Crippen molar-refractivity contribution in [3.05, 3.63) is 0 Å². The van der Waals surface area contributed by atoms with Gasteiger partial charge in [0, 0.05) is 6.26 Å². The van der Waals surface area contributed by atoms with Gasteiger partial charge in [-0.1, -0.05) is 32.6 Å². The lowest BCUT2D eigenvalue weighted by Crippen LogP contribution is -2.48. The molecule has 1 aliphatic rings. The van der Waals surface area contributed by atoms with Gasteiger partial charge in [0.2, 0.25) is 0 Å². The van der Waals surface area contributed by atoms with Crippen LogP contribution in [0.2, 0.25) is 0 Å². The van der Waals surface area contributed by atoms with Gasteiger partial charge in [-0.15, -0.1) is 0 Å². The van der Waals surface area contributed by atoms with Gasteiger partial charge in [0.25, 0.3) is 0 Å². The van der Waals surface area contributed by atoms with Crippen LogP contribution in [0.25, 0.3) is 0 Å². The van der Waals surface area contributed by atoms with Gasteiger partial charge in [0.1, 0.15) is 0 Å². The molecule has 20 heavy (non-hydrogen) atoms. The largest absolute Gasteiger partial charge is 0.748 e. The molecule has 0 atom stereocenters. The van der Waals surface area contributed by atoms with E-state index in [2.05, 4.69) is 14.0 Å². The molecule has 5 heteroatoms. The number of nitrogens with zero attached hydrogens (tertiary/aromatic N) is 1. The first-order valence-electron chi connectivity index (χ1n) is 8.01. The summed E-state index contributed by atoms with van der Waals surface area (Å²) < 4.78 is 28.6. The van der Waals surface area contributed by atoms with Crippen molar-refractivity contribution < 1.29 is 17.5 Å². The summed E-state index contributed by atoms with van der Waals surface area (Å²) in [5.41, 5.74) is 0. The van der Waals surface area contributed by atoms with E-state index in [0.717, 1.165) is 0 Å². The highest BCUT2D eigenvalue weighted by molar-refractivity contribution is 7.84. The van der Waals surface area contributed by atoms with Crippen LogP contribution in [0.4, 0.5) is 0 Å². The van der Waals surface area contributed by atoms with Crippen LogP contribution in [0.1, 0.15) is 64.7 Å². The highest BCUT2D eigenvalue weighted by Crippen LogP contribution is 2.17. The van der Waals surface area contributed by atoms with E-state index in [4.69, 9.17) is 13.0 Å². The van der Waals surface area contributed by atoms with Gasteiger partial charge in [-0.05, 0) is 32.1 Å². The summed E-state index contributed by atoms with van der Waals surface area (Å²) in [6.45, 7) is 6.61. The van der Waals surface area contributed by atoms with E-state index in [0.29, 0.717) is 6.26 Å². The van der Waals surface area contributed by atoms with Crippen molar-refractivity contribution in [2.45, 2.75) is 64.7 Å². The van der Waals surface area contributed by atoms with Crippen molar-refractivity contribution in [3.8, 4) is 0 Å². The van der Waals surface area contributed by atoms with Crippen LogP contribution in [0.5, 0.6) is 0 Å². The summed E-state index contributed by atoms with van der Waals surface area (Å²) in [6, 6.07) is 0. The van der Waals surface area contributed by atoms with E-state index in [1.807, 2.05) is 0 Å². The van der Waals surface area contributed by atoms with Crippen molar-refractivity contribution in [1.29, 1.82) is 0 Å². The summed E-state index contributed by atoms with van der Waals surface area (Å²) in [6.07, 6.45) is 13.7. The van der Waals surface area contributed by atoms with Gasteiger partial charge in [0.05, 0.1) is 36.8 Å². The Morgan fingerprint density at radius 1 is 0.950 bits per heavy atom. The standard InChI is InChI=1S/C14H30N.CH4O3S/c1-3-4-5-6-7-9-12-15(2)13-10-8-11-14-15;1-5(2,3)4/h3-14H2,1-2H3;1H3,(H,2,3,4)/q+1;/p-1. The van der Waals surface area contributed by atoms with Gasteiger partial charge in [-0.25, -0.2) is 8.42 Å². The molecule has 0 aliphatic carbocycles. The number of quaternary nitrogens is 1. The molecule has 0 N–H and O–H groups in total. The average Bonchev–Trinajstić information content (AvgIpc) is 2.32. The van der Waals surface area contributed by atoms with Gasteiger partial charge in [-0.2, -0.15) is 0 Å². The molecule has 0 spiro atoms. The van der Waals surface area contributed by atoms with Gasteiger partial charge in [0.15, 0.2) is 0 Å². The third-order valence-corrected chi connectivity index (χ3v) is 3.95. The Balaban J connectivity index is 0.000000621. The first-order chi connectivity index (χ1) is 9.27. The number of rotatable bonds is 7. The van der Waals surface area contributed by atoms with Crippen molar-refractivity contribution >= 4 is 10.1 Å². The van der Waals surface area contributed by atoms with Crippen LogP contribution in [-0.4, -0.2) is 50.4 Å². The summed E-state index contributed by atoms with van der Waals surface area (Å²) in [5.74, 6) is 0. The first kappa shape index (κ1) is 19.9. The fourth-order valence-electron chi connectivity index (χ4n) is 2.77. The van der Waals surface area contributed by atoms with E-state index in [1.165, 1.54) is 81.9 Å². The van der Waals surface area contributed by atoms with E-state index in [9.17, 15) is 0 Å². The third kappa shape index (κ3) is 14.3. The van der Waals surface area contributed by atoms with E-state index in [1.54, 1.807) is 0 Å². The van der Waals surface area contributed by atoms with Gasteiger partial charge >= 0.3 is 0 Å². The van der Waals surface area contributed by atoms with Gasteiger partial charge in [-0.3, -0.25) is 0 Å². The highest BCUT2D eigenvalue weighted by Gasteiger charge is 2.23. The monoisotopic (exact) mass is 307 g/mol. The maximum Gasteiger partial charge on any atom is 0.0916 e. The predicted molar refractivity (Wildman–Crippen MR) is 83.6 cm³/mol. The second kappa shape index (κ2) is 10.6. The van der Waals surface area contributed by atoms with Crippen molar-refractivity contribution in [3.63, 3.8) is 0 Å². The zero-order valence-electron chi connectivity index (χ0n) is 13.6. The van der Waals surface area contributed by atoms with Crippen molar-refractivity contribution in [1.82, 2.24) is 0 Å². The molecule has 0 aromatic rings. The molecule has 0 bridgehead atoms. The molecule has 0 aromatic carbocycles. The molecule has 1 rings (SSSR count). The Morgan fingerprint density at radius 3 is 1.90 bits per heavy atom. The molecule has 1 saturated heterocycles. The lowest BCUT2D eigenvalue weighted by atomic mass is 10.1. The minimum absolute atomic E-state index is 0.604. The molecule has 0 amide bonds. The minimum Gasteiger partial charge on any atom is -0.748 e. The number of unbranched alkanes of at least 4 members (excludes halogenated alkanes) is 5. The molecule has 0 unspecified atom stereocenters. The lowest BCUT2D eigenvalue weighted by molar-refractivity contribution is -0.914. The van der Waals surface area contributed by atoms with Crippen LogP contribution in [0.3, 0.4) is 0 Å². The number of likely N-dealkylation sites (tertiary alicyclic amines) is 1. The normalized spacial score (nSPS) is 18.2. The van der Waals surface area contributed by atoms with Gasteiger partial charge < -0.3 is 9.04 Å². The van der Waals surface area contributed by atoms with Crippen molar-refractivity contribution in [2.24, 2.45) is 0 Å². The molecule has 1 fully saturated rings.